The third-order valence-electron chi connectivity index (χ3n) is 4.62. The van der Waals surface area contributed by atoms with Crippen LogP contribution in [-0.4, -0.2) is 54.3 Å². The monoisotopic (exact) mass is 392 g/mol. The summed E-state index contributed by atoms with van der Waals surface area (Å²) in [5, 5.41) is 11.5. The highest BCUT2D eigenvalue weighted by atomic mass is 19.1. The Morgan fingerprint density at radius 2 is 1.83 bits per heavy atom. The van der Waals surface area contributed by atoms with Gasteiger partial charge in [-0.15, -0.1) is 0 Å². The number of amides is 2. The van der Waals surface area contributed by atoms with Gasteiger partial charge in [0.15, 0.2) is 0 Å². The Morgan fingerprint density at radius 1 is 1.10 bits per heavy atom. The molecule has 1 aliphatic rings. The van der Waals surface area contributed by atoms with Crippen LogP contribution in [0.2, 0.25) is 0 Å². The van der Waals surface area contributed by atoms with Crippen molar-refractivity contribution in [2.45, 2.75) is 0 Å². The number of nitrogens with zero attached hydrogens (tertiary/aromatic N) is 3. The fraction of sp³-hybridized carbons (Fsp3) is 0.227. The second-order valence-electron chi connectivity index (χ2n) is 6.73. The van der Waals surface area contributed by atoms with Gasteiger partial charge in [0.25, 0.3) is 0 Å². The lowest BCUT2D eigenvalue weighted by Gasteiger charge is -2.33. The minimum atomic E-state index is -0.399. The van der Waals surface area contributed by atoms with Crippen LogP contribution >= 0.6 is 0 Å². The van der Waals surface area contributed by atoms with E-state index in [-0.39, 0.29) is 18.4 Å². The summed E-state index contributed by atoms with van der Waals surface area (Å²) >= 11 is 0. The van der Waals surface area contributed by atoms with Crippen LogP contribution in [0.3, 0.4) is 0 Å². The number of piperazine rings is 1. The maximum absolute atomic E-state index is 13.2. The molecule has 2 aromatic rings. The normalized spacial score (nSPS) is 14.6. The summed E-state index contributed by atoms with van der Waals surface area (Å²) in [6.07, 6.45) is 3.25. The zero-order valence-electron chi connectivity index (χ0n) is 15.8. The fourth-order valence-corrected chi connectivity index (χ4v) is 3.04. The summed E-state index contributed by atoms with van der Waals surface area (Å²) < 4.78 is 13.2. The van der Waals surface area contributed by atoms with Crippen molar-refractivity contribution in [3.8, 4) is 6.07 Å². The van der Waals surface area contributed by atoms with Gasteiger partial charge in [0.2, 0.25) is 11.8 Å². The molecule has 1 N–H and O–H groups in total. The first-order chi connectivity index (χ1) is 14.0. The number of benzene rings is 2. The van der Waals surface area contributed by atoms with Gasteiger partial charge >= 0.3 is 0 Å². The van der Waals surface area contributed by atoms with Gasteiger partial charge in [-0.1, -0.05) is 18.2 Å². The molecule has 0 atom stereocenters. The molecule has 0 unspecified atom stereocenters. The first kappa shape index (κ1) is 20.2. The maximum atomic E-state index is 13.2. The van der Waals surface area contributed by atoms with Gasteiger partial charge in [0.05, 0.1) is 18.2 Å². The lowest BCUT2D eigenvalue weighted by molar-refractivity contribution is -0.127. The molecule has 148 valence electrons. The molecule has 0 aliphatic carbocycles. The van der Waals surface area contributed by atoms with Crippen molar-refractivity contribution in [3.05, 3.63) is 71.6 Å². The van der Waals surface area contributed by atoms with E-state index in [1.165, 1.54) is 18.2 Å². The number of anilines is 1. The maximum Gasteiger partial charge on any atom is 0.246 e. The molecule has 7 heteroatoms. The highest BCUT2D eigenvalue weighted by molar-refractivity contribution is 5.93. The molecule has 2 amide bonds. The highest BCUT2D eigenvalue weighted by Gasteiger charge is 2.21. The number of nitrogens with one attached hydrogen (secondary N) is 1. The number of halogens is 1. The summed E-state index contributed by atoms with van der Waals surface area (Å²) in [7, 11) is 0. The second-order valence-corrected chi connectivity index (χ2v) is 6.73. The summed E-state index contributed by atoms with van der Waals surface area (Å²) in [5.41, 5.74) is 1.85. The van der Waals surface area contributed by atoms with Crippen LogP contribution in [0, 0.1) is 17.1 Å². The van der Waals surface area contributed by atoms with Gasteiger partial charge in [-0.2, -0.15) is 5.26 Å². The largest absolute Gasteiger partial charge is 0.337 e. The van der Waals surface area contributed by atoms with E-state index in [2.05, 4.69) is 11.4 Å². The Morgan fingerprint density at radius 3 is 2.48 bits per heavy atom. The third-order valence-corrected chi connectivity index (χ3v) is 4.62. The number of carbonyl (C=O) groups is 2. The molecule has 0 bridgehead atoms. The van der Waals surface area contributed by atoms with Gasteiger partial charge < -0.3 is 10.2 Å². The van der Waals surface area contributed by atoms with Crippen molar-refractivity contribution in [1.29, 1.82) is 5.26 Å². The zero-order valence-corrected chi connectivity index (χ0v) is 15.8. The second kappa shape index (κ2) is 9.62. The van der Waals surface area contributed by atoms with E-state index >= 15 is 0 Å². The third kappa shape index (κ3) is 5.99. The Hall–Kier alpha value is -3.50. The number of carbonyl (C=O) groups excluding carboxylic acids is 2. The lowest BCUT2D eigenvalue weighted by atomic mass is 10.1. The van der Waals surface area contributed by atoms with Gasteiger partial charge in [0.1, 0.15) is 5.82 Å². The first-order valence-corrected chi connectivity index (χ1v) is 9.28. The summed E-state index contributed by atoms with van der Waals surface area (Å²) in [6, 6.07) is 14.8. The molecular weight excluding hydrogens is 371 g/mol. The first-order valence-electron chi connectivity index (χ1n) is 9.28. The molecule has 1 saturated heterocycles. The Balaban J connectivity index is 1.44. The minimum absolute atomic E-state index is 0.0850. The standard InChI is InChI=1S/C22H21FN4O2/c23-19-2-1-3-20(14-19)25-21(28)16-26-10-12-27(13-11-26)22(29)9-8-17-4-6-18(15-24)7-5-17/h1-9,14H,10-13,16H2,(H,25,28). The van der Waals surface area contributed by atoms with Gasteiger partial charge in [-0.05, 0) is 42.0 Å². The SMILES string of the molecule is N#Cc1ccc(C=CC(=O)N2CCN(CC(=O)Nc3cccc(F)c3)CC2)cc1. The quantitative estimate of drug-likeness (QED) is 0.794. The average Bonchev–Trinajstić information content (AvgIpc) is 2.73. The molecule has 0 aromatic heterocycles. The van der Waals surface area contributed by atoms with Crippen molar-refractivity contribution in [2.75, 3.05) is 38.0 Å². The van der Waals surface area contributed by atoms with E-state index in [0.717, 1.165) is 5.56 Å². The van der Waals surface area contributed by atoms with E-state index in [1.807, 2.05) is 4.90 Å². The predicted molar refractivity (Wildman–Crippen MR) is 108 cm³/mol. The molecule has 0 radical (unpaired) electrons. The average molecular weight is 392 g/mol. The van der Waals surface area contributed by atoms with Gasteiger partial charge in [-0.25, -0.2) is 4.39 Å². The van der Waals surface area contributed by atoms with Crippen molar-refractivity contribution in [1.82, 2.24) is 9.80 Å². The lowest BCUT2D eigenvalue weighted by Crippen LogP contribution is -2.50. The Bertz CT molecular complexity index is 942. The van der Waals surface area contributed by atoms with Crippen molar-refractivity contribution in [3.63, 3.8) is 0 Å². The number of nitriles is 1. The summed E-state index contributed by atoms with van der Waals surface area (Å²) in [6.45, 7) is 2.44. The van der Waals surface area contributed by atoms with Crippen LogP contribution < -0.4 is 5.32 Å². The molecule has 1 heterocycles. The van der Waals surface area contributed by atoms with Crippen LogP contribution in [0.4, 0.5) is 10.1 Å². The van der Waals surface area contributed by atoms with Gasteiger partial charge in [-0.3, -0.25) is 14.5 Å². The fourth-order valence-electron chi connectivity index (χ4n) is 3.04. The smallest absolute Gasteiger partial charge is 0.246 e. The molecule has 3 rings (SSSR count). The number of hydrogen-bond acceptors (Lipinski definition) is 4. The van der Waals surface area contributed by atoms with E-state index in [4.69, 9.17) is 5.26 Å². The predicted octanol–water partition coefficient (Wildman–Crippen LogP) is 2.49. The van der Waals surface area contributed by atoms with Crippen LogP contribution in [0.1, 0.15) is 11.1 Å². The Labute approximate surface area is 168 Å². The molecule has 29 heavy (non-hydrogen) atoms. The van der Waals surface area contributed by atoms with E-state index in [0.29, 0.717) is 37.4 Å². The number of rotatable bonds is 5. The summed E-state index contributed by atoms with van der Waals surface area (Å²) in [4.78, 5) is 28.2. The van der Waals surface area contributed by atoms with Crippen molar-refractivity contribution >= 4 is 23.6 Å². The van der Waals surface area contributed by atoms with Crippen LogP contribution in [0.15, 0.2) is 54.6 Å². The van der Waals surface area contributed by atoms with E-state index in [9.17, 15) is 14.0 Å². The van der Waals surface area contributed by atoms with Crippen LogP contribution in [0.25, 0.3) is 6.08 Å². The summed E-state index contributed by atoms with van der Waals surface area (Å²) in [5.74, 6) is -0.696. The van der Waals surface area contributed by atoms with E-state index < -0.39 is 5.82 Å². The van der Waals surface area contributed by atoms with Gasteiger partial charge in [0, 0.05) is 37.9 Å². The molecular formula is C22H21FN4O2. The van der Waals surface area contributed by atoms with Crippen LogP contribution in [-0.2, 0) is 9.59 Å². The van der Waals surface area contributed by atoms with Crippen molar-refractivity contribution in [2.24, 2.45) is 0 Å². The van der Waals surface area contributed by atoms with E-state index in [1.54, 1.807) is 47.4 Å². The highest BCUT2D eigenvalue weighted by Crippen LogP contribution is 2.10. The molecule has 6 nitrogen and oxygen atoms in total. The van der Waals surface area contributed by atoms with Crippen molar-refractivity contribution < 1.29 is 14.0 Å². The molecule has 1 aliphatic heterocycles. The topological polar surface area (TPSA) is 76.4 Å². The molecule has 1 fully saturated rings. The zero-order chi connectivity index (χ0) is 20.6. The molecule has 0 saturated carbocycles. The Kier molecular flexibility index (Phi) is 6.72. The minimum Gasteiger partial charge on any atom is -0.337 e. The van der Waals surface area contributed by atoms with Crippen LogP contribution in [0.5, 0.6) is 0 Å². The number of hydrogen-bond donors (Lipinski definition) is 1. The molecule has 0 spiro atoms. The molecule has 2 aromatic carbocycles.